The fraction of sp³-hybridized carbons (Fsp3) is 0.462. The molecule has 0 aromatic heterocycles. The van der Waals surface area contributed by atoms with Crippen molar-refractivity contribution in [3.63, 3.8) is 0 Å². The predicted molar refractivity (Wildman–Crippen MR) is 73.4 cm³/mol. The summed E-state index contributed by atoms with van der Waals surface area (Å²) in [6, 6.07) is 5.62. The molecule has 1 atom stereocenters. The Labute approximate surface area is 106 Å². The van der Waals surface area contributed by atoms with Gasteiger partial charge in [-0.2, -0.15) is 11.8 Å². The summed E-state index contributed by atoms with van der Waals surface area (Å²) < 4.78 is 0. The van der Waals surface area contributed by atoms with E-state index in [9.17, 15) is 4.79 Å². The molecule has 4 heteroatoms. The lowest BCUT2D eigenvalue weighted by molar-refractivity contribution is 0.0763. The highest BCUT2D eigenvalue weighted by atomic mass is 32.2. The van der Waals surface area contributed by atoms with Crippen LogP contribution in [0, 0.1) is 6.92 Å². The molecule has 1 unspecified atom stereocenters. The maximum atomic E-state index is 12.4. The SMILES string of the molecule is Cc1cccc(N)c1C(=O)N1CCSC(C)C1. The van der Waals surface area contributed by atoms with Crippen molar-refractivity contribution in [3.8, 4) is 0 Å². The largest absolute Gasteiger partial charge is 0.398 e. The molecule has 2 rings (SSSR count). The number of benzene rings is 1. The number of rotatable bonds is 1. The van der Waals surface area contributed by atoms with Gasteiger partial charge in [-0.1, -0.05) is 19.1 Å². The standard InChI is InChI=1S/C13H18N2OS/c1-9-4-3-5-11(14)12(9)13(16)15-6-7-17-10(2)8-15/h3-5,10H,6-8,14H2,1-2H3. The highest BCUT2D eigenvalue weighted by molar-refractivity contribution is 7.99. The molecule has 0 radical (unpaired) electrons. The minimum Gasteiger partial charge on any atom is -0.398 e. The zero-order chi connectivity index (χ0) is 12.4. The lowest BCUT2D eigenvalue weighted by Crippen LogP contribution is -2.41. The third kappa shape index (κ3) is 2.57. The molecule has 1 saturated heterocycles. The van der Waals surface area contributed by atoms with Crippen LogP contribution in [0.1, 0.15) is 22.8 Å². The highest BCUT2D eigenvalue weighted by Gasteiger charge is 2.24. The van der Waals surface area contributed by atoms with E-state index >= 15 is 0 Å². The number of hydrogen-bond acceptors (Lipinski definition) is 3. The Morgan fingerprint density at radius 1 is 1.53 bits per heavy atom. The maximum Gasteiger partial charge on any atom is 0.256 e. The monoisotopic (exact) mass is 250 g/mol. The molecular formula is C13H18N2OS. The van der Waals surface area contributed by atoms with Crippen LogP contribution in [-0.2, 0) is 0 Å². The number of carbonyl (C=O) groups excluding carboxylic acids is 1. The molecule has 0 aliphatic carbocycles. The van der Waals surface area contributed by atoms with Crippen LogP contribution in [0.4, 0.5) is 5.69 Å². The Morgan fingerprint density at radius 2 is 2.29 bits per heavy atom. The van der Waals surface area contributed by atoms with E-state index in [1.165, 1.54) is 0 Å². The summed E-state index contributed by atoms with van der Waals surface area (Å²) in [6.07, 6.45) is 0. The van der Waals surface area contributed by atoms with E-state index in [4.69, 9.17) is 5.73 Å². The quantitative estimate of drug-likeness (QED) is 0.777. The van der Waals surface area contributed by atoms with Gasteiger partial charge in [-0.25, -0.2) is 0 Å². The van der Waals surface area contributed by atoms with Crippen LogP contribution < -0.4 is 5.73 Å². The first kappa shape index (κ1) is 12.3. The van der Waals surface area contributed by atoms with Gasteiger partial charge < -0.3 is 10.6 Å². The Morgan fingerprint density at radius 3 is 2.94 bits per heavy atom. The summed E-state index contributed by atoms with van der Waals surface area (Å²) in [4.78, 5) is 14.3. The van der Waals surface area contributed by atoms with Crippen LogP contribution >= 0.6 is 11.8 Å². The van der Waals surface area contributed by atoms with Gasteiger partial charge >= 0.3 is 0 Å². The third-order valence-corrected chi connectivity index (χ3v) is 4.18. The molecule has 1 aliphatic rings. The van der Waals surface area contributed by atoms with Gasteiger partial charge in [-0.3, -0.25) is 4.79 Å². The van der Waals surface area contributed by atoms with Crippen LogP contribution in [0.15, 0.2) is 18.2 Å². The summed E-state index contributed by atoms with van der Waals surface area (Å²) in [7, 11) is 0. The Bertz CT molecular complexity index is 413. The minimum absolute atomic E-state index is 0.0766. The van der Waals surface area contributed by atoms with Crippen molar-refractivity contribution in [2.45, 2.75) is 19.1 Å². The predicted octanol–water partition coefficient (Wildman–Crippen LogP) is 2.15. The summed E-state index contributed by atoms with van der Waals surface area (Å²) in [6.45, 7) is 5.73. The van der Waals surface area contributed by atoms with Gasteiger partial charge in [-0.15, -0.1) is 0 Å². The lowest BCUT2D eigenvalue weighted by atomic mass is 10.1. The second kappa shape index (κ2) is 5.00. The summed E-state index contributed by atoms with van der Waals surface area (Å²) in [5.41, 5.74) is 8.13. The van der Waals surface area contributed by atoms with E-state index in [1.807, 2.05) is 35.7 Å². The number of anilines is 1. The highest BCUT2D eigenvalue weighted by Crippen LogP contribution is 2.23. The molecule has 0 bridgehead atoms. The topological polar surface area (TPSA) is 46.3 Å². The van der Waals surface area contributed by atoms with E-state index in [0.29, 0.717) is 16.5 Å². The summed E-state index contributed by atoms with van der Waals surface area (Å²) in [5, 5.41) is 0.512. The van der Waals surface area contributed by atoms with Gasteiger partial charge in [0.2, 0.25) is 0 Å². The first-order chi connectivity index (χ1) is 8.09. The van der Waals surface area contributed by atoms with Crippen molar-refractivity contribution in [2.75, 3.05) is 24.6 Å². The van der Waals surface area contributed by atoms with Crippen molar-refractivity contribution in [2.24, 2.45) is 0 Å². The van der Waals surface area contributed by atoms with Crippen LogP contribution in [0.25, 0.3) is 0 Å². The molecule has 1 amide bonds. The molecule has 92 valence electrons. The second-order valence-electron chi connectivity index (χ2n) is 4.47. The number of nitrogens with two attached hydrogens (primary N) is 1. The van der Waals surface area contributed by atoms with Crippen molar-refractivity contribution in [3.05, 3.63) is 29.3 Å². The molecular weight excluding hydrogens is 232 g/mol. The summed E-state index contributed by atoms with van der Waals surface area (Å²) in [5.74, 6) is 1.09. The third-order valence-electron chi connectivity index (χ3n) is 3.05. The molecule has 17 heavy (non-hydrogen) atoms. The number of nitrogens with zero attached hydrogens (tertiary/aromatic N) is 1. The first-order valence-corrected chi connectivity index (χ1v) is 6.90. The number of carbonyl (C=O) groups is 1. The van der Waals surface area contributed by atoms with Crippen LogP contribution in [0.3, 0.4) is 0 Å². The number of amides is 1. The zero-order valence-electron chi connectivity index (χ0n) is 10.3. The molecule has 1 fully saturated rings. The van der Waals surface area contributed by atoms with E-state index in [2.05, 4.69) is 6.92 Å². The minimum atomic E-state index is 0.0766. The molecule has 0 spiro atoms. The first-order valence-electron chi connectivity index (χ1n) is 5.85. The van der Waals surface area contributed by atoms with Gasteiger partial charge in [0.05, 0.1) is 5.56 Å². The average Bonchev–Trinajstić information content (AvgIpc) is 2.28. The number of nitrogen functional groups attached to an aromatic ring is 1. The molecule has 2 N–H and O–H groups in total. The maximum absolute atomic E-state index is 12.4. The molecule has 1 heterocycles. The average molecular weight is 250 g/mol. The van der Waals surface area contributed by atoms with E-state index in [1.54, 1.807) is 6.07 Å². The van der Waals surface area contributed by atoms with E-state index in [0.717, 1.165) is 24.4 Å². The Hall–Kier alpha value is -1.16. The molecule has 3 nitrogen and oxygen atoms in total. The number of thioether (sulfide) groups is 1. The fourth-order valence-electron chi connectivity index (χ4n) is 2.14. The zero-order valence-corrected chi connectivity index (χ0v) is 11.1. The lowest BCUT2D eigenvalue weighted by Gasteiger charge is -2.31. The normalized spacial score (nSPS) is 20.4. The molecule has 0 saturated carbocycles. The van der Waals surface area contributed by atoms with Crippen molar-refractivity contribution >= 4 is 23.4 Å². The number of aryl methyl sites for hydroxylation is 1. The van der Waals surface area contributed by atoms with Crippen molar-refractivity contribution in [1.29, 1.82) is 0 Å². The van der Waals surface area contributed by atoms with E-state index < -0.39 is 0 Å². The van der Waals surface area contributed by atoms with Crippen molar-refractivity contribution in [1.82, 2.24) is 4.90 Å². The summed E-state index contributed by atoms with van der Waals surface area (Å²) >= 11 is 1.92. The number of hydrogen-bond donors (Lipinski definition) is 1. The van der Waals surface area contributed by atoms with E-state index in [-0.39, 0.29) is 5.91 Å². The van der Waals surface area contributed by atoms with Crippen molar-refractivity contribution < 1.29 is 4.79 Å². The Balaban J connectivity index is 2.24. The Kier molecular flexibility index (Phi) is 3.62. The van der Waals surface area contributed by atoms with Crippen LogP contribution in [0.5, 0.6) is 0 Å². The van der Waals surface area contributed by atoms with Gasteiger partial charge in [0.25, 0.3) is 5.91 Å². The van der Waals surface area contributed by atoms with Crippen LogP contribution in [-0.4, -0.2) is 34.9 Å². The van der Waals surface area contributed by atoms with Crippen LogP contribution in [0.2, 0.25) is 0 Å². The molecule has 1 aromatic carbocycles. The molecule has 1 aliphatic heterocycles. The van der Waals surface area contributed by atoms with Gasteiger partial charge in [0.1, 0.15) is 0 Å². The van der Waals surface area contributed by atoms with Gasteiger partial charge in [0.15, 0.2) is 0 Å². The fourth-order valence-corrected chi connectivity index (χ4v) is 3.16. The second-order valence-corrected chi connectivity index (χ2v) is 6.02. The van der Waals surface area contributed by atoms with Gasteiger partial charge in [-0.05, 0) is 18.6 Å². The molecule has 1 aromatic rings. The smallest absolute Gasteiger partial charge is 0.256 e. The van der Waals surface area contributed by atoms with Gasteiger partial charge in [0, 0.05) is 29.8 Å².